The Balaban J connectivity index is 1.45. The lowest BCUT2D eigenvalue weighted by molar-refractivity contribution is -0.140. The Bertz CT molecular complexity index is 1630. The van der Waals surface area contributed by atoms with E-state index in [0.29, 0.717) is 22.3 Å². The van der Waals surface area contributed by atoms with E-state index in [2.05, 4.69) is 11.1 Å². The molecule has 0 aliphatic rings. The van der Waals surface area contributed by atoms with E-state index in [1.54, 1.807) is 7.05 Å². The minimum Gasteiger partial charge on any atom is -0.481 e. The number of anilines is 1. The second-order valence-electron chi connectivity index (χ2n) is 9.15. The Kier molecular flexibility index (Phi) is 7.26. The quantitative estimate of drug-likeness (QED) is 0.247. The fourth-order valence-electron chi connectivity index (χ4n) is 4.55. The van der Waals surface area contributed by atoms with Gasteiger partial charge in [0.1, 0.15) is 5.65 Å². The number of carboxylic acid groups (broad SMARTS) is 1. The fraction of sp³-hybridized carbons (Fsp3) is 0.172. The van der Waals surface area contributed by atoms with Crippen LogP contribution >= 0.6 is 22.9 Å². The van der Waals surface area contributed by atoms with Crippen molar-refractivity contribution in [2.75, 3.05) is 11.9 Å². The van der Waals surface area contributed by atoms with Gasteiger partial charge in [0.25, 0.3) is 0 Å². The lowest BCUT2D eigenvalue weighted by Crippen LogP contribution is -2.35. The Labute approximate surface area is 229 Å². The minimum absolute atomic E-state index is 0.260. The van der Waals surface area contributed by atoms with Crippen molar-refractivity contribution in [3.8, 4) is 22.4 Å². The number of nitrogens with zero attached hydrogens (tertiary/aromatic N) is 4. The topological polar surface area (TPSA) is 88.3 Å². The van der Waals surface area contributed by atoms with Crippen LogP contribution in [0.2, 0.25) is 5.02 Å². The molecule has 0 aliphatic carbocycles. The van der Waals surface area contributed by atoms with E-state index < -0.39 is 11.9 Å². The van der Waals surface area contributed by atoms with Gasteiger partial charge in [-0.25, -0.2) is 9.97 Å². The molecule has 0 saturated carbocycles. The van der Waals surface area contributed by atoms with Gasteiger partial charge in [-0.1, -0.05) is 48.0 Å². The number of benzene rings is 2. The highest BCUT2D eigenvalue weighted by Crippen LogP contribution is 2.37. The SMILES string of the molecule is CN(C(=O)[C@@H](CC(=O)O)Cc1ccccc1)c1nc(-c2cc(Cl)ccc2-c2cnc3c(ccn3C)c2)cs1. The van der Waals surface area contributed by atoms with Gasteiger partial charge in [0.15, 0.2) is 5.13 Å². The molecule has 0 unspecified atom stereocenters. The number of hydrogen-bond acceptors (Lipinski definition) is 5. The number of carbonyl (C=O) groups is 2. The summed E-state index contributed by atoms with van der Waals surface area (Å²) in [5, 5.41) is 13.4. The van der Waals surface area contributed by atoms with Crippen LogP contribution in [-0.2, 0) is 23.1 Å². The number of pyridine rings is 1. The van der Waals surface area contributed by atoms with Crippen LogP contribution in [0.4, 0.5) is 5.13 Å². The molecule has 0 radical (unpaired) electrons. The highest BCUT2D eigenvalue weighted by molar-refractivity contribution is 7.14. The van der Waals surface area contributed by atoms with Gasteiger partial charge in [-0.2, -0.15) is 0 Å². The molecule has 1 atom stereocenters. The zero-order valence-corrected chi connectivity index (χ0v) is 22.4. The molecule has 5 rings (SSSR count). The fourth-order valence-corrected chi connectivity index (χ4v) is 5.52. The van der Waals surface area contributed by atoms with E-state index in [-0.39, 0.29) is 12.3 Å². The molecule has 0 saturated heterocycles. The third kappa shape index (κ3) is 5.32. The van der Waals surface area contributed by atoms with Crippen molar-refractivity contribution < 1.29 is 14.7 Å². The van der Waals surface area contributed by atoms with Crippen molar-refractivity contribution in [3.63, 3.8) is 0 Å². The maximum atomic E-state index is 13.4. The summed E-state index contributed by atoms with van der Waals surface area (Å²) in [6, 6.07) is 19.2. The zero-order chi connectivity index (χ0) is 26.8. The smallest absolute Gasteiger partial charge is 0.304 e. The van der Waals surface area contributed by atoms with Gasteiger partial charge < -0.3 is 9.67 Å². The van der Waals surface area contributed by atoms with Crippen LogP contribution in [0.25, 0.3) is 33.4 Å². The predicted molar refractivity (Wildman–Crippen MR) is 152 cm³/mol. The van der Waals surface area contributed by atoms with Gasteiger partial charge in [-0.15, -0.1) is 11.3 Å². The van der Waals surface area contributed by atoms with Crippen LogP contribution in [0.15, 0.2) is 78.4 Å². The number of carbonyl (C=O) groups excluding carboxylic acids is 1. The first-order valence-corrected chi connectivity index (χ1v) is 13.3. The Hall–Kier alpha value is -4.01. The normalized spacial score (nSPS) is 12.0. The zero-order valence-electron chi connectivity index (χ0n) is 20.8. The van der Waals surface area contributed by atoms with E-state index in [1.165, 1.54) is 16.2 Å². The average Bonchev–Trinajstić information content (AvgIpc) is 3.55. The predicted octanol–water partition coefficient (Wildman–Crippen LogP) is 6.31. The average molecular weight is 545 g/mol. The summed E-state index contributed by atoms with van der Waals surface area (Å²) in [4.78, 5) is 35.8. The molecule has 7 nitrogen and oxygen atoms in total. The van der Waals surface area contributed by atoms with E-state index >= 15 is 0 Å². The molecule has 5 aromatic rings. The molecule has 2 aromatic carbocycles. The molecule has 3 heterocycles. The first-order chi connectivity index (χ1) is 18.3. The molecule has 3 aromatic heterocycles. The number of carboxylic acids is 1. The molecule has 1 amide bonds. The molecule has 0 spiro atoms. The number of aliphatic carboxylic acids is 1. The van der Waals surface area contributed by atoms with E-state index in [0.717, 1.165) is 33.3 Å². The van der Waals surface area contributed by atoms with Gasteiger partial charge in [-0.05, 0) is 41.8 Å². The summed E-state index contributed by atoms with van der Waals surface area (Å²) < 4.78 is 1.97. The van der Waals surface area contributed by atoms with Gasteiger partial charge >= 0.3 is 5.97 Å². The molecule has 192 valence electrons. The Morgan fingerprint density at radius 1 is 1.11 bits per heavy atom. The first kappa shape index (κ1) is 25.6. The number of fused-ring (bicyclic) bond motifs is 1. The number of halogens is 1. The second kappa shape index (κ2) is 10.8. The van der Waals surface area contributed by atoms with Crippen LogP contribution < -0.4 is 4.90 Å². The Morgan fingerprint density at radius 3 is 2.66 bits per heavy atom. The molecule has 9 heteroatoms. The third-order valence-electron chi connectivity index (χ3n) is 6.48. The van der Waals surface area contributed by atoms with Gasteiger partial charge in [0.05, 0.1) is 18.0 Å². The van der Waals surface area contributed by atoms with Crippen molar-refractivity contribution in [3.05, 3.63) is 89.0 Å². The monoisotopic (exact) mass is 544 g/mol. The lowest BCUT2D eigenvalue weighted by atomic mass is 9.95. The van der Waals surface area contributed by atoms with Crippen molar-refractivity contribution in [1.29, 1.82) is 0 Å². The lowest BCUT2D eigenvalue weighted by Gasteiger charge is -2.21. The van der Waals surface area contributed by atoms with Gasteiger partial charge in [-0.3, -0.25) is 14.5 Å². The minimum atomic E-state index is -1.01. The summed E-state index contributed by atoms with van der Waals surface area (Å²) in [6.07, 6.45) is 3.88. The highest BCUT2D eigenvalue weighted by Gasteiger charge is 2.27. The Morgan fingerprint density at radius 2 is 1.89 bits per heavy atom. The molecular weight excluding hydrogens is 520 g/mol. The van der Waals surface area contributed by atoms with E-state index in [1.807, 2.05) is 84.0 Å². The highest BCUT2D eigenvalue weighted by atomic mass is 35.5. The van der Waals surface area contributed by atoms with Gasteiger partial charge in [0.2, 0.25) is 5.91 Å². The number of aryl methyl sites for hydroxylation is 1. The van der Waals surface area contributed by atoms with Crippen LogP contribution in [-0.4, -0.2) is 38.6 Å². The van der Waals surface area contributed by atoms with Crippen LogP contribution in [0, 0.1) is 5.92 Å². The largest absolute Gasteiger partial charge is 0.481 e. The molecule has 0 fully saturated rings. The number of aromatic nitrogens is 3. The molecule has 0 bridgehead atoms. The number of thiazole rings is 1. The second-order valence-corrected chi connectivity index (χ2v) is 10.4. The molecular formula is C29H25ClN4O3S. The van der Waals surface area contributed by atoms with Crippen molar-refractivity contribution in [2.45, 2.75) is 12.8 Å². The summed E-state index contributed by atoms with van der Waals surface area (Å²) >= 11 is 7.70. The maximum absolute atomic E-state index is 13.4. The van der Waals surface area contributed by atoms with Crippen LogP contribution in [0.1, 0.15) is 12.0 Å². The molecule has 1 N–H and O–H groups in total. The molecule has 38 heavy (non-hydrogen) atoms. The third-order valence-corrected chi connectivity index (χ3v) is 7.63. The number of hydrogen-bond donors (Lipinski definition) is 1. The summed E-state index contributed by atoms with van der Waals surface area (Å²) in [6.45, 7) is 0. The molecule has 0 aliphatic heterocycles. The van der Waals surface area contributed by atoms with Crippen LogP contribution in [0.3, 0.4) is 0 Å². The number of amides is 1. The maximum Gasteiger partial charge on any atom is 0.304 e. The van der Waals surface area contributed by atoms with Crippen molar-refractivity contribution >= 4 is 51.0 Å². The standard InChI is InChI=1S/C29H25ClN4O3S/c1-33-11-10-19-13-21(16-31-27(19)33)23-9-8-22(30)15-24(23)25-17-38-29(32-25)34(2)28(37)20(14-26(35)36)12-18-6-4-3-5-7-18/h3-11,13,15-17,20H,12,14H2,1-2H3,(H,35,36)/t20-/m1/s1. The van der Waals surface area contributed by atoms with Crippen molar-refractivity contribution in [2.24, 2.45) is 13.0 Å². The van der Waals surface area contributed by atoms with Gasteiger partial charge in [0, 0.05) is 53.4 Å². The van der Waals surface area contributed by atoms with E-state index in [9.17, 15) is 14.7 Å². The van der Waals surface area contributed by atoms with E-state index in [4.69, 9.17) is 16.6 Å². The summed E-state index contributed by atoms with van der Waals surface area (Å²) in [7, 11) is 3.59. The number of rotatable bonds is 8. The van der Waals surface area contributed by atoms with Crippen LogP contribution in [0.5, 0.6) is 0 Å². The summed E-state index contributed by atoms with van der Waals surface area (Å²) in [5.74, 6) is -2.01. The first-order valence-electron chi connectivity index (χ1n) is 12.0. The van der Waals surface area contributed by atoms with Crippen molar-refractivity contribution in [1.82, 2.24) is 14.5 Å². The summed E-state index contributed by atoms with van der Waals surface area (Å²) in [5.41, 5.74) is 5.15.